The minimum absolute atomic E-state index is 0.277. The Kier molecular flexibility index (Phi) is 7.53. The molecule has 0 spiro atoms. The first-order valence-electron chi connectivity index (χ1n) is 11.9. The highest BCUT2D eigenvalue weighted by molar-refractivity contribution is 7.13. The van der Waals surface area contributed by atoms with Crippen molar-refractivity contribution in [2.24, 2.45) is 5.41 Å². The number of hydrogen-bond donors (Lipinski definition) is 0. The van der Waals surface area contributed by atoms with Crippen LogP contribution in [0, 0.1) is 12.3 Å². The number of carbonyl (C=O) groups excluding carboxylic acids is 1. The van der Waals surface area contributed by atoms with Crippen molar-refractivity contribution in [1.82, 2.24) is 0 Å². The maximum atomic E-state index is 13.1. The maximum Gasteiger partial charge on any atom is 0.340 e. The van der Waals surface area contributed by atoms with E-state index in [4.69, 9.17) is 9.47 Å². The largest absolute Gasteiger partial charge is 0.464 e. The molecule has 0 aliphatic heterocycles. The van der Waals surface area contributed by atoms with Crippen molar-refractivity contribution in [2.75, 3.05) is 6.61 Å². The van der Waals surface area contributed by atoms with Gasteiger partial charge in [0.2, 0.25) is 0 Å². The third kappa shape index (κ3) is 5.90. The summed E-state index contributed by atoms with van der Waals surface area (Å²) in [6.45, 7) is 15.1. The molecule has 4 heteroatoms. The van der Waals surface area contributed by atoms with Crippen LogP contribution in [0.5, 0.6) is 0 Å². The second-order valence-electron chi connectivity index (χ2n) is 10.7. The Labute approximate surface area is 192 Å². The molecule has 2 aliphatic carbocycles. The molecule has 0 aromatic carbocycles. The molecule has 1 heterocycles. The van der Waals surface area contributed by atoms with Gasteiger partial charge in [0.1, 0.15) is 0 Å². The molecule has 2 aliphatic rings. The molecule has 0 amide bonds. The van der Waals surface area contributed by atoms with Crippen molar-refractivity contribution in [1.29, 1.82) is 0 Å². The standard InChI is InChI=1S/C27H40O3S/c1-8-29-25(28)23(30-26(3,4)5)21-18(2)31-24(20-12-10-9-11-13-20)22(21)19-14-16-27(6,7)17-15-19/h12,14,23H,8-11,13,15-17H2,1-7H3. The number of esters is 1. The molecule has 172 valence electrons. The molecule has 0 fully saturated rings. The van der Waals surface area contributed by atoms with Crippen LogP contribution in [0.2, 0.25) is 0 Å². The normalized spacial score (nSPS) is 20.1. The fraction of sp³-hybridized carbons (Fsp3) is 0.667. The molecule has 1 aromatic heterocycles. The predicted octanol–water partition coefficient (Wildman–Crippen LogP) is 8.03. The maximum absolute atomic E-state index is 13.1. The zero-order valence-corrected chi connectivity index (χ0v) is 21.3. The summed E-state index contributed by atoms with van der Waals surface area (Å²) in [5, 5.41) is 0. The number of thiophene rings is 1. The van der Waals surface area contributed by atoms with E-state index in [0.717, 1.165) is 37.7 Å². The van der Waals surface area contributed by atoms with Gasteiger partial charge in [-0.3, -0.25) is 0 Å². The van der Waals surface area contributed by atoms with Gasteiger partial charge >= 0.3 is 5.97 Å². The van der Waals surface area contributed by atoms with Crippen LogP contribution in [0.25, 0.3) is 11.1 Å². The van der Waals surface area contributed by atoms with Crippen LogP contribution >= 0.6 is 11.3 Å². The molecule has 0 saturated carbocycles. The quantitative estimate of drug-likeness (QED) is 0.417. The zero-order valence-electron chi connectivity index (χ0n) is 20.5. The van der Waals surface area contributed by atoms with Crippen molar-refractivity contribution in [3.8, 4) is 0 Å². The second kappa shape index (κ2) is 9.62. The van der Waals surface area contributed by atoms with Crippen LogP contribution in [0.15, 0.2) is 12.2 Å². The second-order valence-corrected chi connectivity index (χ2v) is 11.9. The summed E-state index contributed by atoms with van der Waals surface area (Å²) in [5.41, 5.74) is 5.01. The van der Waals surface area contributed by atoms with E-state index in [-0.39, 0.29) is 5.97 Å². The molecule has 1 aromatic rings. The summed E-state index contributed by atoms with van der Waals surface area (Å²) in [6.07, 6.45) is 12.2. The van der Waals surface area contributed by atoms with E-state index in [9.17, 15) is 4.79 Å². The van der Waals surface area contributed by atoms with Crippen LogP contribution in [0.3, 0.4) is 0 Å². The average Bonchev–Trinajstić information content (AvgIpc) is 3.03. The van der Waals surface area contributed by atoms with Gasteiger partial charge in [0.15, 0.2) is 6.10 Å². The molecule has 31 heavy (non-hydrogen) atoms. The molecule has 1 unspecified atom stereocenters. The van der Waals surface area contributed by atoms with E-state index < -0.39 is 11.7 Å². The molecule has 3 nitrogen and oxygen atoms in total. The smallest absolute Gasteiger partial charge is 0.340 e. The van der Waals surface area contributed by atoms with Gasteiger partial charge in [0.05, 0.1) is 12.2 Å². The Bertz CT molecular complexity index is 864. The highest BCUT2D eigenvalue weighted by Crippen LogP contribution is 2.48. The zero-order chi connectivity index (χ0) is 22.8. The third-order valence-electron chi connectivity index (χ3n) is 6.24. The average molecular weight is 445 g/mol. The molecule has 0 radical (unpaired) electrons. The monoisotopic (exact) mass is 444 g/mol. The van der Waals surface area contributed by atoms with E-state index in [1.807, 2.05) is 39.0 Å². The van der Waals surface area contributed by atoms with Crippen LogP contribution in [0.1, 0.15) is 113 Å². The van der Waals surface area contributed by atoms with Gasteiger partial charge in [-0.25, -0.2) is 4.79 Å². The first kappa shape index (κ1) is 24.3. The molecule has 0 N–H and O–H groups in total. The van der Waals surface area contributed by atoms with Gasteiger partial charge in [0.25, 0.3) is 0 Å². The Hall–Kier alpha value is -1.39. The fourth-order valence-electron chi connectivity index (χ4n) is 4.56. The van der Waals surface area contributed by atoms with E-state index in [2.05, 4.69) is 32.9 Å². The SMILES string of the molecule is CCOC(=O)C(OC(C)(C)C)c1c(C)sc(C2=CCCCC2)c1C1=CCC(C)(C)CC1. The van der Waals surface area contributed by atoms with Crippen LogP contribution in [-0.2, 0) is 14.3 Å². The number of hydrogen-bond acceptors (Lipinski definition) is 4. The summed E-state index contributed by atoms with van der Waals surface area (Å²) in [7, 11) is 0. The van der Waals surface area contributed by atoms with E-state index in [1.165, 1.54) is 39.3 Å². The summed E-state index contributed by atoms with van der Waals surface area (Å²) in [6, 6.07) is 0. The first-order valence-corrected chi connectivity index (χ1v) is 12.7. The van der Waals surface area contributed by atoms with Crippen molar-refractivity contribution < 1.29 is 14.3 Å². The van der Waals surface area contributed by atoms with Gasteiger partial charge in [-0.15, -0.1) is 11.3 Å². The molecular weight excluding hydrogens is 404 g/mol. The van der Waals surface area contributed by atoms with Crippen LogP contribution in [0.4, 0.5) is 0 Å². The van der Waals surface area contributed by atoms with Crippen molar-refractivity contribution in [3.05, 3.63) is 33.0 Å². The van der Waals surface area contributed by atoms with Gasteiger partial charge < -0.3 is 9.47 Å². The topological polar surface area (TPSA) is 35.5 Å². The highest BCUT2D eigenvalue weighted by atomic mass is 32.1. The number of aryl methyl sites for hydroxylation is 1. The molecule has 1 atom stereocenters. The van der Waals surface area contributed by atoms with E-state index >= 15 is 0 Å². The Morgan fingerprint density at radius 2 is 1.90 bits per heavy atom. The molecular formula is C27H40O3S. The predicted molar refractivity (Wildman–Crippen MR) is 131 cm³/mol. The minimum atomic E-state index is -0.694. The lowest BCUT2D eigenvalue weighted by atomic mass is 9.75. The summed E-state index contributed by atoms with van der Waals surface area (Å²) >= 11 is 1.83. The van der Waals surface area contributed by atoms with E-state index in [1.54, 1.807) is 0 Å². The number of allylic oxidation sites excluding steroid dienone is 4. The summed E-state index contributed by atoms with van der Waals surface area (Å²) in [4.78, 5) is 15.6. The fourth-order valence-corrected chi connectivity index (χ4v) is 5.85. The Balaban J connectivity index is 2.18. The molecule has 0 bridgehead atoms. The van der Waals surface area contributed by atoms with E-state index in [0.29, 0.717) is 12.0 Å². The lowest BCUT2D eigenvalue weighted by Gasteiger charge is -2.31. The Morgan fingerprint density at radius 1 is 1.16 bits per heavy atom. The first-order chi connectivity index (χ1) is 14.5. The lowest BCUT2D eigenvalue weighted by Crippen LogP contribution is -2.29. The molecule has 0 saturated heterocycles. The van der Waals surface area contributed by atoms with Crippen molar-refractivity contribution >= 4 is 28.5 Å². The number of rotatable bonds is 6. The number of ether oxygens (including phenoxy) is 2. The van der Waals surface area contributed by atoms with Gasteiger partial charge in [-0.1, -0.05) is 26.0 Å². The van der Waals surface area contributed by atoms with Crippen molar-refractivity contribution in [3.63, 3.8) is 0 Å². The molecule has 3 rings (SSSR count). The Morgan fingerprint density at radius 3 is 2.45 bits per heavy atom. The van der Waals surface area contributed by atoms with Crippen LogP contribution < -0.4 is 0 Å². The van der Waals surface area contributed by atoms with Gasteiger partial charge in [0, 0.05) is 20.9 Å². The van der Waals surface area contributed by atoms with Gasteiger partial charge in [-0.2, -0.15) is 0 Å². The number of carbonyl (C=O) groups is 1. The summed E-state index contributed by atoms with van der Waals surface area (Å²) in [5.74, 6) is -0.277. The van der Waals surface area contributed by atoms with Crippen LogP contribution in [-0.4, -0.2) is 18.2 Å². The lowest BCUT2D eigenvalue weighted by molar-refractivity contribution is -0.166. The van der Waals surface area contributed by atoms with Crippen molar-refractivity contribution in [2.45, 2.75) is 105 Å². The third-order valence-corrected chi connectivity index (χ3v) is 7.44. The summed E-state index contributed by atoms with van der Waals surface area (Å²) < 4.78 is 11.9. The van der Waals surface area contributed by atoms with Gasteiger partial charge in [-0.05, 0) is 96.1 Å². The highest BCUT2D eigenvalue weighted by Gasteiger charge is 2.36. The minimum Gasteiger partial charge on any atom is -0.464 e.